The van der Waals surface area contributed by atoms with Gasteiger partial charge in [0, 0.05) is 31.2 Å². The van der Waals surface area contributed by atoms with Crippen LogP contribution in [0.1, 0.15) is 11.1 Å². The van der Waals surface area contributed by atoms with Crippen LogP contribution in [0.3, 0.4) is 0 Å². The van der Waals surface area contributed by atoms with Crippen LogP contribution in [0.15, 0.2) is 97.8 Å². The average Bonchev–Trinajstić information content (AvgIpc) is 3.60. The lowest BCUT2D eigenvalue weighted by Crippen LogP contribution is -2.10. The van der Waals surface area contributed by atoms with Gasteiger partial charge in [0.25, 0.3) is 0 Å². The first kappa shape index (κ1) is 23.2. The molecule has 0 aliphatic carbocycles. The highest BCUT2D eigenvalue weighted by molar-refractivity contribution is 5.80. The van der Waals surface area contributed by atoms with E-state index in [1.165, 1.54) is 6.33 Å². The minimum Gasteiger partial charge on any atom is -0.497 e. The number of methoxy groups -OCH3 is 1. The average molecular weight is 504 g/mol. The minimum atomic E-state index is 0.439. The fourth-order valence-corrected chi connectivity index (χ4v) is 4.19. The van der Waals surface area contributed by atoms with Crippen LogP contribution in [0, 0.1) is 0 Å². The molecule has 0 aliphatic rings. The topological polar surface area (TPSA) is 108 Å². The number of fused-ring (bicyclic) bond motifs is 1. The normalized spacial score (nSPS) is 11.0. The van der Waals surface area contributed by atoms with Crippen LogP contribution in [0.25, 0.3) is 17.0 Å². The SMILES string of the molecule is COc1ccc(CNc2nc3ccccc3n2-c2ncnc(Nc3cccc(Cn4ccnc4)c3)n2)cc1. The smallest absolute Gasteiger partial charge is 0.241 e. The molecule has 3 heterocycles. The van der Waals surface area contributed by atoms with Gasteiger partial charge in [0.2, 0.25) is 17.8 Å². The van der Waals surface area contributed by atoms with E-state index in [1.54, 1.807) is 19.6 Å². The summed E-state index contributed by atoms with van der Waals surface area (Å²) < 4.78 is 9.19. The van der Waals surface area contributed by atoms with E-state index in [2.05, 4.69) is 37.7 Å². The number of ether oxygens (including phenoxy) is 1. The molecular weight excluding hydrogens is 478 g/mol. The quantitative estimate of drug-likeness (QED) is 0.289. The van der Waals surface area contributed by atoms with Crippen molar-refractivity contribution in [2.75, 3.05) is 17.7 Å². The molecule has 3 aromatic carbocycles. The largest absolute Gasteiger partial charge is 0.497 e. The van der Waals surface area contributed by atoms with Crippen LogP contribution in [-0.4, -0.2) is 41.2 Å². The van der Waals surface area contributed by atoms with Crippen LogP contribution < -0.4 is 15.4 Å². The zero-order valence-corrected chi connectivity index (χ0v) is 20.7. The van der Waals surface area contributed by atoms with Crippen LogP contribution in [0.5, 0.6) is 5.75 Å². The summed E-state index contributed by atoms with van der Waals surface area (Å²) >= 11 is 0. The van der Waals surface area contributed by atoms with Gasteiger partial charge in [-0.05, 0) is 47.5 Å². The molecule has 0 saturated heterocycles. The number of anilines is 3. The zero-order chi connectivity index (χ0) is 25.7. The summed E-state index contributed by atoms with van der Waals surface area (Å²) in [5, 5.41) is 6.74. The molecule has 3 aromatic heterocycles. The maximum Gasteiger partial charge on any atom is 0.241 e. The Bertz CT molecular complexity index is 1660. The number of rotatable bonds is 9. The van der Waals surface area contributed by atoms with E-state index >= 15 is 0 Å². The molecule has 0 aliphatic heterocycles. The summed E-state index contributed by atoms with van der Waals surface area (Å²) in [6.45, 7) is 1.30. The van der Waals surface area contributed by atoms with Crippen molar-refractivity contribution in [1.29, 1.82) is 0 Å². The summed E-state index contributed by atoms with van der Waals surface area (Å²) in [4.78, 5) is 22.5. The Kier molecular flexibility index (Phi) is 6.34. The second kappa shape index (κ2) is 10.4. The Balaban J connectivity index is 1.27. The van der Waals surface area contributed by atoms with Gasteiger partial charge in [-0.3, -0.25) is 0 Å². The molecule has 0 unspecified atom stereocenters. The highest BCUT2D eigenvalue weighted by Gasteiger charge is 2.15. The molecule has 0 fully saturated rings. The molecule has 0 amide bonds. The van der Waals surface area contributed by atoms with E-state index in [0.717, 1.165) is 40.1 Å². The first-order valence-corrected chi connectivity index (χ1v) is 12.1. The second-order valence-electron chi connectivity index (χ2n) is 8.63. The molecule has 6 aromatic rings. The van der Waals surface area contributed by atoms with Crippen LogP contribution >= 0.6 is 0 Å². The lowest BCUT2D eigenvalue weighted by Gasteiger charge is -2.11. The molecule has 0 bridgehead atoms. The second-order valence-corrected chi connectivity index (χ2v) is 8.63. The van der Waals surface area contributed by atoms with Gasteiger partial charge in [-0.25, -0.2) is 24.5 Å². The molecule has 0 spiro atoms. The third-order valence-corrected chi connectivity index (χ3v) is 6.04. The number of nitrogens with zero attached hydrogens (tertiary/aromatic N) is 7. The number of imidazole rings is 2. The predicted octanol–water partition coefficient (Wildman–Crippen LogP) is 4.82. The number of nitrogens with one attached hydrogen (secondary N) is 2. The highest BCUT2D eigenvalue weighted by atomic mass is 16.5. The first-order chi connectivity index (χ1) is 18.7. The Morgan fingerprint density at radius 3 is 2.63 bits per heavy atom. The summed E-state index contributed by atoms with van der Waals surface area (Å²) in [5.74, 6) is 2.36. The Morgan fingerprint density at radius 2 is 1.79 bits per heavy atom. The summed E-state index contributed by atoms with van der Waals surface area (Å²) in [7, 11) is 1.66. The third-order valence-electron chi connectivity index (χ3n) is 6.04. The Hall–Kier alpha value is -5.25. The highest BCUT2D eigenvalue weighted by Crippen LogP contribution is 2.24. The fourth-order valence-electron chi connectivity index (χ4n) is 4.19. The molecule has 2 N–H and O–H groups in total. The van der Waals surface area contributed by atoms with Crippen LogP contribution in [-0.2, 0) is 13.1 Å². The number of hydrogen-bond donors (Lipinski definition) is 2. The maximum absolute atomic E-state index is 5.26. The van der Waals surface area contributed by atoms with Crippen molar-refractivity contribution in [3.8, 4) is 11.7 Å². The fraction of sp³-hybridized carbons (Fsp3) is 0.107. The van der Waals surface area contributed by atoms with E-state index in [1.807, 2.05) is 76.0 Å². The number of benzene rings is 3. The number of hydrogen-bond acceptors (Lipinski definition) is 8. The zero-order valence-electron chi connectivity index (χ0n) is 20.7. The van der Waals surface area contributed by atoms with Crippen LogP contribution in [0.4, 0.5) is 17.6 Å². The molecule has 188 valence electrons. The molecular formula is C28H25N9O. The monoisotopic (exact) mass is 503 g/mol. The van der Waals surface area contributed by atoms with E-state index < -0.39 is 0 Å². The predicted molar refractivity (Wildman–Crippen MR) is 146 cm³/mol. The van der Waals surface area contributed by atoms with Crippen molar-refractivity contribution in [3.05, 3.63) is 109 Å². The van der Waals surface area contributed by atoms with Gasteiger partial charge in [0.1, 0.15) is 12.1 Å². The molecule has 0 saturated carbocycles. The van der Waals surface area contributed by atoms with Gasteiger partial charge in [0.15, 0.2) is 0 Å². The molecule has 38 heavy (non-hydrogen) atoms. The molecule has 6 rings (SSSR count). The Morgan fingerprint density at radius 1 is 0.895 bits per heavy atom. The lowest BCUT2D eigenvalue weighted by atomic mass is 10.2. The van der Waals surface area contributed by atoms with Gasteiger partial charge in [-0.15, -0.1) is 0 Å². The van der Waals surface area contributed by atoms with Crippen molar-refractivity contribution < 1.29 is 4.74 Å². The van der Waals surface area contributed by atoms with Crippen molar-refractivity contribution in [3.63, 3.8) is 0 Å². The third kappa shape index (κ3) is 5.00. The van der Waals surface area contributed by atoms with E-state index in [9.17, 15) is 0 Å². The van der Waals surface area contributed by atoms with Crippen LogP contribution in [0.2, 0.25) is 0 Å². The number of para-hydroxylation sites is 2. The van der Waals surface area contributed by atoms with Gasteiger partial charge >= 0.3 is 0 Å². The molecule has 0 radical (unpaired) electrons. The Labute approximate surface area is 219 Å². The summed E-state index contributed by atoms with van der Waals surface area (Å²) in [6, 6.07) is 23.9. The molecule has 10 heteroatoms. The van der Waals surface area contributed by atoms with E-state index in [4.69, 9.17) is 14.7 Å². The standard InChI is InChI=1S/C28H25N9O/c1-38-23-11-9-20(10-12-23)16-30-27-34-24-7-2-3-8-25(24)37(27)28-32-18-31-26(35-28)33-22-6-4-5-21(15-22)17-36-14-13-29-19-36/h2-15,18-19H,16-17H2,1H3,(H,30,34)(H,31,32,33,35). The van der Waals surface area contributed by atoms with Gasteiger partial charge < -0.3 is 19.9 Å². The first-order valence-electron chi connectivity index (χ1n) is 12.1. The van der Waals surface area contributed by atoms with Gasteiger partial charge in [-0.1, -0.05) is 36.4 Å². The van der Waals surface area contributed by atoms with Gasteiger partial charge in [0.05, 0.1) is 24.5 Å². The van der Waals surface area contributed by atoms with Gasteiger partial charge in [-0.2, -0.15) is 4.98 Å². The van der Waals surface area contributed by atoms with E-state index in [0.29, 0.717) is 24.4 Å². The van der Waals surface area contributed by atoms with Crippen molar-refractivity contribution in [2.45, 2.75) is 13.1 Å². The summed E-state index contributed by atoms with van der Waals surface area (Å²) in [5.41, 5.74) is 4.84. The maximum atomic E-state index is 5.26. The van der Waals surface area contributed by atoms with Crippen molar-refractivity contribution >= 4 is 28.6 Å². The lowest BCUT2D eigenvalue weighted by molar-refractivity contribution is 0.414. The molecule has 0 atom stereocenters. The minimum absolute atomic E-state index is 0.439. The van der Waals surface area contributed by atoms with E-state index in [-0.39, 0.29) is 0 Å². The van der Waals surface area contributed by atoms with Crippen molar-refractivity contribution in [1.82, 2.24) is 34.1 Å². The number of aromatic nitrogens is 7. The van der Waals surface area contributed by atoms with Crippen molar-refractivity contribution in [2.24, 2.45) is 0 Å². The molecule has 10 nitrogen and oxygen atoms in total. The summed E-state index contributed by atoms with van der Waals surface area (Å²) in [6.07, 6.45) is 7.01.